The Morgan fingerprint density at radius 2 is 2.11 bits per heavy atom. The Balaban J connectivity index is 2.52. The number of morpholine rings is 1. The van der Waals surface area contributed by atoms with Crippen molar-refractivity contribution < 1.29 is 13.5 Å². The highest BCUT2D eigenvalue weighted by molar-refractivity contribution is 6.23. The molecule has 1 aromatic rings. The van der Waals surface area contributed by atoms with Crippen LogP contribution in [-0.2, 0) is 4.74 Å². The fourth-order valence-electron chi connectivity index (χ4n) is 2.75. The number of allylic oxidation sites excluding steroid dienone is 1. The smallest absolute Gasteiger partial charge is 0.280 e. The molecular formula is C18H28F2N6O. The van der Waals surface area contributed by atoms with Gasteiger partial charge >= 0.3 is 0 Å². The SMILES string of the molecule is C=C(/C(=N\C)C(F)F)c1nc(N(C)[C@@H](C)CC)nc(N2CCOC[C@@H]2C)n1. The number of alkyl halides is 2. The van der Waals surface area contributed by atoms with Crippen molar-refractivity contribution in [2.45, 2.75) is 45.7 Å². The van der Waals surface area contributed by atoms with Gasteiger partial charge in [-0.05, 0) is 20.3 Å². The second-order valence-corrected chi connectivity index (χ2v) is 6.63. The average Bonchev–Trinajstić information content (AvgIpc) is 2.66. The Kier molecular flexibility index (Phi) is 7.18. The van der Waals surface area contributed by atoms with Gasteiger partial charge in [0.2, 0.25) is 11.9 Å². The van der Waals surface area contributed by atoms with Gasteiger partial charge in [0.05, 0.1) is 19.3 Å². The van der Waals surface area contributed by atoms with Gasteiger partial charge in [0.25, 0.3) is 6.43 Å². The van der Waals surface area contributed by atoms with Gasteiger partial charge in [0, 0.05) is 32.3 Å². The fourth-order valence-corrected chi connectivity index (χ4v) is 2.75. The molecule has 0 saturated carbocycles. The molecule has 0 radical (unpaired) electrons. The van der Waals surface area contributed by atoms with Crippen molar-refractivity contribution in [3.63, 3.8) is 0 Å². The number of anilines is 2. The van der Waals surface area contributed by atoms with Gasteiger partial charge in [0.1, 0.15) is 5.71 Å². The Morgan fingerprint density at radius 1 is 1.41 bits per heavy atom. The van der Waals surface area contributed by atoms with Crippen LogP contribution in [-0.4, -0.2) is 73.0 Å². The summed E-state index contributed by atoms with van der Waals surface area (Å²) in [6.07, 6.45) is -1.86. The number of aliphatic imine (C=N–C) groups is 1. The van der Waals surface area contributed by atoms with Gasteiger partial charge in [0.15, 0.2) is 5.82 Å². The van der Waals surface area contributed by atoms with Crippen molar-refractivity contribution in [1.29, 1.82) is 0 Å². The van der Waals surface area contributed by atoms with Crippen LogP contribution < -0.4 is 9.80 Å². The molecule has 1 aromatic heterocycles. The summed E-state index contributed by atoms with van der Waals surface area (Å²) in [7, 11) is 3.19. The molecule has 0 spiro atoms. The van der Waals surface area contributed by atoms with E-state index in [0.29, 0.717) is 31.7 Å². The molecule has 1 saturated heterocycles. The van der Waals surface area contributed by atoms with Crippen LogP contribution in [0.4, 0.5) is 20.7 Å². The van der Waals surface area contributed by atoms with Gasteiger partial charge in [-0.2, -0.15) is 15.0 Å². The molecule has 1 aliphatic heterocycles. The average molecular weight is 382 g/mol. The molecule has 2 rings (SSSR count). The van der Waals surface area contributed by atoms with Crippen molar-refractivity contribution in [3.8, 4) is 0 Å². The third-order valence-corrected chi connectivity index (χ3v) is 4.83. The molecule has 2 atom stereocenters. The van der Waals surface area contributed by atoms with E-state index in [1.807, 2.05) is 30.7 Å². The summed E-state index contributed by atoms with van der Waals surface area (Å²) < 4.78 is 32.1. The minimum absolute atomic E-state index is 0.0101. The van der Waals surface area contributed by atoms with Crippen LogP contribution in [0.1, 0.15) is 33.0 Å². The zero-order valence-corrected chi connectivity index (χ0v) is 16.6. The van der Waals surface area contributed by atoms with Crippen molar-refractivity contribution >= 4 is 23.2 Å². The standard InChI is InChI=1S/C18H28F2N6O/c1-7-11(2)25(6)17-22-16(13(4)14(21-5)15(19)20)23-18(24-17)26-8-9-27-10-12(26)3/h11-12,15H,4,7-10H2,1-3,5-6H3/b21-14+/t11-,12-/m0/s1. The molecule has 9 heteroatoms. The summed E-state index contributed by atoms with van der Waals surface area (Å²) in [6, 6.07) is 0.247. The Bertz CT molecular complexity index is 696. The normalized spacial score (nSPS) is 19.3. The van der Waals surface area contributed by atoms with Crippen LogP contribution in [0, 0.1) is 0 Å². The Hall–Kier alpha value is -2.16. The molecule has 0 amide bonds. The number of hydrogen-bond acceptors (Lipinski definition) is 7. The molecule has 150 valence electrons. The van der Waals surface area contributed by atoms with Crippen LogP contribution in [0.15, 0.2) is 11.6 Å². The highest BCUT2D eigenvalue weighted by Crippen LogP contribution is 2.23. The molecule has 2 heterocycles. The first-order valence-electron chi connectivity index (χ1n) is 9.07. The van der Waals surface area contributed by atoms with Crippen molar-refractivity contribution in [1.82, 2.24) is 15.0 Å². The van der Waals surface area contributed by atoms with E-state index in [0.717, 1.165) is 6.42 Å². The number of halogens is 2. The quantitative estimate of drug-likeness (QED) is 0.676. The van der Waals surface area contributed by atoms with Crippen molar-refractivity contribution in [2.24, 2.45) is 4.99 Å². The summed E-state index contributed by atoms with van der Waals surface area (Å²) in [5.41, 5.74) is -0.407. The lowest BCUT2D eigenvalue weighted by molar-refractivity contribution is 0.0980. The largest absolute Gasteiger partial charge is 0.377 e. The van der Waals surface area contributed by atoms with Gasteiger partial charge in [-0.15, -0.1) is 0 Å². The molecule has 0 unspecified atom stereocenters. The molecule has 27 heavy (non-hydrogen) atoms. The van der Waals surface area contributed by atoms with Crippen LogP contribution >= 0.6 is 0 Å². The number of nitrogens with zero attached hydrogens (tertiary/aromatic N) is 6. The highest BCUT2D eigenvalue weighted by atomic mass is 19.3. The van der Waals surface area contributed by atoms with Crippen LogP contribution in [0.3, 0.4) is 0 Å². The lowest BCUT2D eigenvalue weighted by Gasteiger charge is -2.34. The molecule has 1 fully saturated rings. The van der Waals surface area contributed by atoms with E-state index < -0.39 is 12.1 Å². The molecule has 0 aromatic carbocycles. The van der Waals surface area contributed by atoms with E-state index in [1.54, 1.807) is 0 Å². The number of aromatic nitrogens is 3. The number of ether oxygens (including phenoxy) is 1. The van der Waals surface area contributed by atoms with E-state index in [-0.39, 0.29) is 23.5 Å². The van der Waals surface area contributed by atoms with Gasteiger partial charge in [-0.1, -0.05) is 13.5 Å². The maximum Gasteiger partial charge on any atom is 0.280 e. The van der Waals surface area contributed by atoms with Crippen molar-refractivity contribution in [3.05, 3.63) is 12.4 Å². The minimum Gasteiger partial charge on any atom is -0.377 e. The third kappa shape index (κ3) is 4.77. The number of rotatable bonds is 7. The first kappa shape index (κ1) is 21.1. The van der Waals surface area contributed by atoms with E-state index in [9.17, 15) is 8.78 Å². The zero-order valence-electron chi connectivity index (χ0n) is 16.6. The Labute approximate surface area is 159 Å². The van der Waals surface area contributed by atoms with Gasteiger partial charge in [-0.3, -0.25) is 4.99 Å². The van der Waals surface area contributed by atoms with Gasteiger partial charge < -0.3 is 14.5 Å². The highest BCUT2D eigenvalue weighted by Gasteiger charge is 2.26. The maximum atomic E-state index is 13.3. The second-order valence-electron chi connectivity index (χ2n) is 6.63. The predicted molar refractivity (Wildman–Crippen MR) is 104 cm³/mol. The molecule has 7 nitrogen and oxygen atoms in total. The van der Waals surface area contributed by atoms with Gasteiger partial charge in [-0.25, -0.2) is 8.78 Å². The van der Waals surface area contributed by atoms with Crippen LogP contribution in [0.25, 0.3) is 5.57 Å². The summed E-state index contributed by atoms with van der Waals surface area (Å²) in [5.74, 6) is 0.977. The monoisotopic (exact) mass is 382 g/mol. The van der Waals surface area contributed by atoms with Crippen LogP contribution in [0.2, 0.25) is 0 Å². The van der Waals surface area contributed by atoms with Crippen LogP contribution in [0.5, 0.6) is 0 Å². The summed E-state index contributed by atoms with van der Waals surface area (Å²) in [4.78, 5) is 21.0. The second kappa shape index (κ2) is 9.16. The lowest BCUT2D eigenvalue weighted by Crippen LogP contribution is -2.45. The van der Waals surface area contributed by atoms with E-state index in [2.05, 4.69) is 33.4 Å². The topological polar surface area (TPSA) is 66.7 Å². The molecule has 0 bridgehead atoms. The summed E-state index contributed by atoms with van der Waals surface area (Å²) >= 11 is 0. The molecule has 1 aliphatic rings. The molecular weight excluding hydrogens is 354 g/mol. The van der Waals surface area contributed by atoms with E-state index in [1.165, 1.54) is 7.05 Å². The first-order chi connectivity index (χ1) is 12.8. The van der Waals surface area contributed by atoms with E-state index >= 15 is 0 Å². The Morgan fingerprint density at radius 3 is 2.67 bits per heavy atom. The minimum atomic E-state index is -2.75. The molecule has 0 aliphatic carbocycles. The summed E-state index contributed by atoms with van der Waals surface area (Å²) in [5, 5.41) is 0. The molecule has 0 N–H and O–H groups in total. The van der Waals surface area contributed by atoms with E-state index in [4.69, 9.17) is 4.74 Å². The zero-order chi connectivity index (χ0) is 20.1. The predicted octanol–water partition coefficient (Wildman–Crippen LogP) is 2.68. The maximum absolute atomic E-state index is 13.3. The number of hydrogen-bond donors (Lipinski definition) is 0. The third-order valence-electron chi connectivity index (χ3n) is 4.83. The summed E-state index contributed by atoms with van der Waals surface area (Å²) in [6.45, 7) is 11.6. The fraction of sp³-hybridized carbons (Fsp3) is 0.667. The van der Waals surface area contributed by atoms with Crippen molar-refractivity contribution in [2.75, 3.05) is 43.7 Å². The lowest BCUT2D eigenvalue weighted by atomic mass is 10.1. The first-order valence-corrected chi connectivity index (χ1v) is 9.07.